The van der Waals surface area contributed by atoms with E-state index < -0.39 is 5.92 Å². The zero-order chi connectivity index (χ0) is 21.5. The Labute approximate surface area is 176 Å². The molecular weight excluding hydrogens is 384 g/mol. The topological polar surface area (TPSA) is 77.1 Å². The lowest BCUT2D eigenvalue weighted by molar-refractivity contribution is -0.125. The second-order valence-corrected chi connectivity index (χ2v) is 7.16. The van der Waals surface area contributed by atoms with Crippen LogP contribution >= 0.6 is 0 Å². The smallest absolute Gasteiger partial charge is 0.253 e. The molecule has 0 radical (unpaired) electrons. The highest BCUT2D eigenvalue weighted by atomic mass is 16.5. The van der Waals surface area contributed by atoms with E-state index in [4.69, 9.17) is 14.2 Å². The maximum absolute atomic E-state index is 13.0. The van der Waals surface area contributed by atoms with Gasteiger partial charge in [0, 0.05) is 43.8 Å². The lowest BCUT2D eigenvalue weighted by Gasteiger charge is -2.21. The normalized spacial score (nSPS) is 18.2. The molecule has 3 rings (SSSR count). The average molecular weight is 412 g/mol. The molecule has 2 atom stereocenters. The van der Waals surface area contributed by atoms with Crippen molar-refractivity contribution in [1.82, 2.24) is 10.2 Å². The maximum atomic E-state index is 13.0. The zero-order valence-electron chi connectivity index (χ0n) is 17.6. The van der Waals surface area contributed by atoms with E-state index in [1.165, 1.54) is 0 Å². The molecule has 0 spiro atoms. The van der Waals surface area contributed by atoms with E-state index in [1.807, 2.05) is 36.4 Å². The van der Waals surface area contributed by atoms with Crippen LogP contribution in [0.15, 0.2) is 48.5 Å². The van der Waals surface area contributed by atoms with Gasteiger partial charge in [0.25, 0.3) is 5.91 Å². The van der Waals surface area contributed by atoms with Crippen LogP contribution in [0.4, 0.5) is 0 Å². The number of hydrogen-bond donors (Lipinski definition) is 1. The van der Waals surface area contributed by atoms with Gasteiger partial charge in [-0.15, -0.1) is 0 Å². The van der Waals surface area contributed by atoms with Gasteiger partial charge >= 0.3 is 0 Å². The molecule has 0 unspecified atom stereocenters. The second-order valence-electron chi connectivity index (χ2n) is 7.16. The fourth-order valence-electron chi connectivity index (χ4n) is 3.93. The van der Waals surface area contributed by atoms with Crippen LogP contribution in [0.3, 0.4) is 0 Å². The average Bonchev–Trinajstić information content (AvgIpc) is 3.24. The number of carbonyl (C=O) groups excluding carboxylic acids is 2. The van der Waals surface area contributed by atoms with Crippen LogP contribution in [0, 0.1) is 5.92 Å². The minimum Gasteiger partial charge on any atom is -0.493 e. The number of para-hydroxylation sites is 1. The molecule has 0 bridgehead atoms. The van der Waals surface area contributed by atoms with Crippen molar-refractivity contribution in [3.63, 3.8) is 0 Å². The fourth-order valence-corrected chi connectivity index (χ4v) is 3.93. The number of hydrogen-bond acceptors (Lipinski definition) is 5. The molecule has 1 saturated heterocycles. The molecule has 1 aliphatic heterocycles. The molecule has 1 N–H and O–H groups in total. The van der Waals surface area contributed by atoms with Crippen LogP contribution in [-0.4, -0.2) is 64.3 Å². The first-order valence-corrected chi connectivity index (χ1v) is 9.92. The highest BCUT2D eigenvalue weighted by molar-refractivity contribution is 5.95. The van der Waals surface area contributed by atoms with Gasteiger partial charge in [-0.2, -0.15) is 0 Å². The summed E-state index contributed by atoms with van der Waals surface area (Å²) < 4.78 is 16.1. The number of ether oxygens (including phenoxy) is 3. The minimum atomic E-state index is -0.407. The number of likely N-dealkylation sites (tertiary alicyclic amines) is 1. The number of carbonyl (C=O) groups is 2. The SMILES string of the molecule is COCCNC(=O)[C@@H]1CN(C(=O)c2ccccc2)C[C@@H]1c1cccc(OC)c1OC. The van der Waals surface area contributed by atoms with Gasteiger partial charge in [-0.1, -0.05) is 30.3 Å². The number of methoxy groups -OCH3 is 3. The highest BCUT2D eigenvalue weighted by Crippen LogP contribution is 2.42. The summed E-state index contributed by atoms with van der Waals surface area (Å²) in [5.41, 5.74) is 1.46. The first-order valence-electron chi connectivity index (χ1n) is 9.92. The van der Waals surface area contributed by atoms with E-state index >= 15 is 0 Å². The maximum Gasteiger partial charge on any atom is 0.253 e. The predicted octanol–water partition coefficient (Wildman–Crippen LogP) is 2.32. The Morgan fingerprint density at radius 3 is 2.43 bits per heavy atom. The summed E-state index contributed by atoms with van der Waals surface area (Å²) in [5.74, 6) is 0.371. The molecule has 0 saturated carbocycles. The Hall–Kier alpha value is -3.06. The molecule has 2 amide bonds. The first-order chi connectivity index (χ1) is 14.6. The van der Waals surface area contributed by atoms with E-state index in [0.29, 0.717) is 43.3 Å². The van der Waals surface area contributed by atoms with Gasteiger partial charge in [0.05, 0.1) is 26.7 Å². The van der Waals surface area contributed by atoms with Gasteiger partial charge in [-0.3, -0.25) is 9.59 Å². The fraction of sp³-hybridized carbons (Fsp3) is 0.391. The van der Waals surface area contributed by atoms with Gasteiger partial charge < -0.3 is 24.4 Å². The van der Waals surface area contributed by atoms with Gasteiger partial charge in [-0.25, -0.2) is 0 Å². The van der Waals surface area contributed by atoms with Crippen molar-refractivity contribution in [2.24, 2.45) is 5.92 Å². The summed E-state index contributed by atoms with van der Waals surface area (Å²) in [6.07, 6.45) is 0. The van der Waals surface area contributed by atoms with Crippen molar-refractivity contribution in [1.29, 1.82) is 0 Å². The second kappa shape index (κ2) is 10.1. The number of benzene rings is 2. The molecule has 0 aromatic heterocycles. The summed E-state index contributed by atoms with van der Waals surface area (Å²) in [6.45, 7) is 1.59. The molecule has 30 heavy (non-hydrogen) atoms. The molecule has 7 heteroatoms. The number of nitrogens with one attached hydrogen (secondary N) is 1. The standard InChI is InChI=1S/C23H28N2O5/c1-28-13-12-24-22(26)19-15-25(23(27)16-8-5-4-6-9-16)14-18(19)17-10-7-11-20(29-2)21(17)30-3/h4-11,18-19H,12-15H2,1-3H3,(H,24,26)/t18-,19-/m1/s1. The lowest BCUT2D eigenvalue weighted by atomic mass is 9.87. The summed E-state index contributed by atoms with van der Waals surface area (Å²) >= 11 is 0. The molecule has 7 nitrogen and oxygen atoms in total. The van der Waals surface area contributed by atoms with Gasteiger partial charge in [0.1, 0.15) is 0 Å². The van der Waals surface area contributed by atoms with E-state index in [2.05, 4.69) is 5.32 Å². The Bertz CT molecular complexity index is 871. The van der Waals surface area contributed by atoms with Crippen LogP contribution in [0.25, 0.3) is 0 Å². The van der Waals surface area contributed by atoms with E-state index in [-0.39, 0.29) is 17.7 Å². The molecule has 1 fully saturated rings. The quantitative estimate of drug-likeness (QED) is 0.674. The molecular formula is C23H28N2O5. The number of nitrogens with zero attached hydrogens (tertiary/aromatic N) is 1. The zero-order valence-corrected chi connectivity index (χ0v) is 17.6. The number of amides is 2. The summed E-state index contributed by atoms with van der Waals surface area (Å²) in [7, 11) is 4.75. The molecule has 2 aromatic rings. The van der Waals surface area contributed by atoms with E-state index in [0.717, 1.165) is 5.56 Å². The first kappa shape index (κ1) is 21.6. The van der Waals surface area contributed by atoms with Crippen molar-refractivity contribution in [3.8, 4) is 11.5 Å². The van der Waals surface area contributed by atoms with Gasteiger partial charge in [0.15, 0.2) is 11.5 Å². The van der Waals surface area contributed by atoms with Crippen LogP contribution in [0.1, 0.15) is 21.8 Å². The Balaban J connectivity index is 1.92. The van der Waals surface area contributed by atoms with E-state index in [9.17, 15) is 9.59 Å². The third kappa shape index (κ3) is 4.57. The largest absolute Gasteiger partial charge is 0.493 e. The summed E-state index contributed by atoms with van der Waals surface area (Å²) in [6, 6.07) is 14.7. The predicted molar refractivity (Wildman–Crippen MR) is 113 cm³/mol. The molecule has 1 heterocycles. The third-order valence-corrected chi connectivity index (χ3v) is 5.40. The van der Waals surface area contributed by atoms with Crippen molar-refractivity contribution in [2.45, 2.75) is 5.92 Å². The van der Waals surface area contributed by atoms with Crippen molar-refractivity contribution in [2.75, 3.05) is 47.6 Å². The van der Waals surface area contributed by atoms with Gasteiger partial charge in [-0.05, 0) is 18.2 Å². The highest BCUT2D eigenvalue weighted by Gasteiger charge is 2.42. The third-order valence-electron chi connectivity index (χ3n) is 5.40. The Morgan fingerprint density at radius 2 is 1.77 bits per heavy atom. The van der Waals surface area contributed by atoms with Crippen LogP contribution < -0.4 is 14.8 Å². The van der Waals surface area contributed by atoms with Crippen molar-refractivity contribution < 1.29 is 23.8 Å². The van der Waals surface area contributed by atoms with Crippen molar-refractivity contribution in [3.05, 3.63) is 59.7 Å². The summed E-state index contributed by atoms with van der Waals surface area (Å²) in [5, 5.41) is 2.92. The number of rotatable bonds is 8. The van der Waals surface area contributed by atoms with Gasteiger partial charge in [0.2, 0.25) is 5.91 Å². The molecule has 2 aromatic carbocycles. The van der Waals surface area contributed by atoms with E-state index in [1.54, 1.807) is 38.4 Å². The van der Waals surface area contributed by atoms with Crippen LogP contribution in [0.5, 0.6) is 11.5 Å². The van der Waals surface area contributed by atoms with Crippen LogP contribution in [0.2, 0.25) is 0 Å². The summed E-state index contributed by atoms with van der Waals surface area (Å²) in [4.78, 5) is 27.8. The molecule has 1 aliphatic rings. The molecule has 160 valence electrons. The molecule has 0 aliphatic carbocycles. The monoisotopic (exact) mass is 412 g/mol. The Morgan fingerprint density at radius 1 is 1.00 bits per heavy atom. The minimum absolute atomic E-state index is 0.0883. The Kier molecular flexibility index (Phi) is 7.30. The lowest BCUT2D eigenvalue weighted by Crippen LogP contribution is -2.37. The van der Waals surface area contributed by atoms with Crippen molar-refractivity contribution >= 4 is 11.8 Å². The van der Waals surface area contributed by atoms with Crippen LogP contribution in [-0.2, 0) is 9.53 Å².